The maximum atomic E-state index is 4.07. The van der Waals surface area contributed by atoms with E-state index in [1.54, 1.807) is 11.3 Å². The number of nitrogens with zero attached hydrogens (tertiary/aromatic N) is 1. The summed E-state index contributed by atoms with van der Waals surface area (Å²) in [6.07, 6.45) is 1.86. The second-order valence-electron chi connectivity index (χ2n) is 1.22. The van der Waals surface area contributed by atoms with Crippen LogP contribution in [0, 0.1) is 2.88 Å². The number of hydrogen-bond acceptors (Lipinski definition) is 3. The summed E-state index contributed by atoms with van der Waals surface area (Å²) in [6, 6.07) is 0. The summed E-state index contributed by atoms with van der Waals surface area (Å²) in [4.78, 5) is 4.07. The molecule has 0 atom stereocenters. The largest absolute Gasteiger partial charge is 0.248 e. The first-order chi connectivity index (χ1) is 3.83. The molecule has 1 aromatic heterocycles. The van der Waals surface area contributed by atoms with Gasteiger partial charge in [0.25, 0.3) is 0 Å². The molecule has 0 N–H and O–H groups in total. The minimum absolute atomic E-state index is 0.758. The summed E-state index contributed by atoms with van der Waals surface area (Å²) in [6.45, 7) is 0. The van der Waals surface area contributed by atoms with Gasteiger partial charge in [0.2, 0.25) is 0 Å². The second kappa shape index (κ2) is 3.03. The summed E-state index contributed by atoms with van der Waals surface area (Å²) >= 11 is 8.00. The molecular weight excluding hydrogens is 253 g/mol. The molecule has 0 aliphatic rings. The van der Waals surface area contributed by atoms with E-state index in [1.165, 1.54) is 2.88 Å². The number of thiazole rings is 1. The number of thiol groups is 1. The van der Waals surface area contributed by atoms with Gasteiger partial charge in [-0.05, 0) is 22.6 Å². The third kappa shape index (κ3) is 1.60. The van der Waals surface area contributed by atoms with Crippen LogP contribution in [0.2, 0.25) is 0 Å². The summed E-state index contributed by atoms with van der Waals surface area (Å²) in [5.41, 5.74) is 0. The van der Waals surface area contributed by atoms with Crippen LogP contribution in [0.1, 0.15) is 5.01 Å². The number of aromatic nitrogens is 1. The highest BCUT2D eigenvalue weighted by atomic mass is 127. The van der Waals surface area contributed by atoms with Gasteiger partial charge in [0, 0.05) is 5.75 Å². The first kappa shape index (κ1) is 6.82. The Labute approximate surface area is 71.1 Å². The van der Waals surface area contributed by atoms with Crippen molar-refractivity contribution in [1.29, 1.82) is 0 Å². The Morgan fingerprint density at radius 3 is 2.88 bits per heavy atom. The predicted molar refractivity (Wildman–Crippen MR) is 47.5 cm³/mol. The normalized spacial score (nSPS) is 9.75. The first-order valence-corrected chi connectivity index (χ1v) is 4.57. The van der Waals surface area contributed by atoms with E-state index in [0.717, 1.165) is 10.8 Å². The van der Waals surface area contributed by atoms with Crippen LogP contribution in [-0.2, 0) is 5.75 Å². The van der Waals surface area contributed by atoms with Gasteiger partial charge in [0.1, 0.15) is 5.01 Å². The van der Waals surface area contributed by atoms with E-state index < -0.39 is 0 Å². The fraction of sp³-hybridized carbons (Fsp3) is 0.250. The number of hydrogen-bond donors (Lipinski definition) is 1. The highest BCUT2D eigenvalue weighted by Gasteiger charge is 1.93. The van der Waals surface area contributed by atoms with Crippen molar-refractivity contribution < 1.29 is 0 Å². The van der Waals surface area contributed by atoms with Gasteiger partial charge in [0.15, 0.2) is 0 Å². The maximum absolute atomic E-state index is 4.07. The van der Waals surface area contributed by atoms with Crippen LogP contribution in [-0.4, -0.2) is 4.98 Å². The predicted octanol–water partition coefficient (Wildman–Crippen LogP) is 2.18. The van der Waals surface area contributed by atoms with Gasteiger partial charge >= 0.3 is 0 Å². The lowest BCUT2D eigenvalue weighted by atomic mass is 10.8. The molecule has 4 heteroatoms. The fourth-order valence-electron chi connectivity index (χ4n) is 0.361. The lowest BCUT2D eigenvalue weighted by molar-refractivity contribution is 1.27. The van der Waals surface area contributed by atoms with Crippen LogP contribution in [0.15, 0.2) is 6.20 Å². The van der Waals surface area contributed by atoms with E-state index in [9.17, 15) is 0 Å². The molecule has 8 heavy (non-hydrogen) atoms. The molecule has 0 unspecified atom stereocenters. The average Bonchev–Trinajstić information content (AvgIpc) is 2.14. The van der Waals surface area contributed by atoms with Crippen LogP contribution in [0.5, 0.6) is 0 Å². The molecule has 1 aromatic rings. The fourth-order valence-corrected chi connectivity index (χ4v) is 2.04. The van der Waals surface area contributed by atoms with E-state index >= 15 is 0 Å². The zero-order chi connectivity index (χ0) is 5.98. The van der Waals surface area contributed by atoms with Crippen molar-refractivity contribution in [3.05, 3.63) is 14.1 Å². The molecule has 0 radical (unpaired) electrons. The number of rotatable bonds is 1. The summed E-state index contributed by atoms with van der Waals surface area (Å²) in [7, 11) is 0. The van der Waals surface area contributed by atoms with E-state index in [0.29, 0.717) is 0 Å². The third-order valence-corrected chi connectivity index (χ3v) is 2.90. The highest BCUT2D eigenvalue weighted by Crippen LogP contribution is 2.15. The molecule has 0 spiro atoms. The van der Waals surface area contributed by atoms with Crippen molar-refractivity contribution in [2.24, 2.45) is 0 Å². The van der Waals surface area contributed by atoms with Crippen molar-refractivity contribution >= 4 is 46.6 Å². The molecule has 1 nitrogen and oxygen atoms in total. The Balaban J connectivity index is 2.84. The lowest BCUT2D eigenvalue weighted by Gasteiger charge is -1.77. The van der Waals surface area contributed by atoms with Gasteiger partial charge in [-0.15, -0.1) is 11.3 Å². The van der Waals surface area contributed by atoms with E-state index in [4.69, 9.17) is 0 Å². The number of halogens is 1. The minimum Gasteiger partial charge on any atom is -0.248 e. The third-order valence-electron chi connectivity index (χ3n) is 0.661. The Morgan fingerprint density at radius 2 is 2.62 bits per heavy atom. The van der Waals surface area contributed by atoms with Crippen molar-refractivity contribution in [2.75, 3.05) is 0 Å². The topological polar surface area (TPSA) is 12.9 Å². The molecule has 0 aromatic carbocycles. The monoisotopic (exact) mass is 257 g/mol. The van der Waals surface area contributed by atoms with E-state index in [2.05, 4.69) is 40.2 Å². The quantitative estimate of drug-likeness (QED) is 0.601. The molecule has 44 valence electrons. The van der Waals surface area contributed by atoms with Gasteiger partial charge in [-0.2, -0.15) is 12.6 Å². The molecule has 0 bridgehead atoms. The smallest absolute Gasteiger partial charge is 0.103 e. The molecule has 1 rings (SSSR count). The molecule has 0 aliphatic carbocycles. The van der Waals surface area contributed by atoms with Crippen molar-refractivity contribution in [1.82, 2.24) is 4.98 Å². The van der Waals surface area contributed by atoms with Gasteiger partial charge in [-0.3, -0.25) is 0 Å². The SMILES string of the molecule is SCc1ncc(I)s1. The Bertz CT molecular complexity index is 174. The first-order valence-electron chi connectivity index (χ1n) is 2.04. The van der Waals surface area contributed by atoms with E-state index in [-0.39, 0.29) is 0 Å². The molecule has 0 fully saturated rings. The summed E-state index contributed by atoms with van der Waals surface area (Å²) in [5, 5.41) is 1.10. The van der Waals surface area contributed by atoms with Gasteiger partial charge < -0.3 is 0 Å². The summed E-state index contributed by atoms with van der Waals surface area (Å²) < 4.78 is 1.23. The van der Waals surface area contributed by atoms with Crippen molar-refractivity contribution in [2.45, 2.75) is 5.75 Å². The molecule has 0 aliphatic heterocycles. The average molecular weight is 257 g/mol. The van der Waals surface area contributed by atoms with Crippen LogP contribution in [0.25, 0.3) is 0 Å². The van der Waals surface area contributed by atoms with E-state index in [1.807, 2.05) is 6.20 Å². The van der Waals surface area contributed by atoms with Crippen LogP contribution < -0.4 is 0 Å². The Kier molecular flexibility index (Phi) is 2.58. The zero-order valence-electron chi connectivity index (χ0n) is 3.97. The van der Waals surface area contributed by atoms with Gasteiger partial charge in [0.05, 0.1) is 9.08 Å². The highest BCUT2D eigenvalue weighted by molar-refractivity contribution is 14.1. The Morgan fingerprint density at radius 1 is 1.88 bits per heavy atom. The zero-order valence-corrected chi connectivity index (χ0v) is 7.83. The molecule has 1 heterocycles. The van der Waals surface area contributed by atoms with Crippen LogP contribution >= 0.6 is 46.6 Å². The van der Waals surface area contributed by atoms with Crippen LogP contribution in [0.4, 0.5) is 0 Å². The minimum atomic E-state index is 0.758. The van der Waals surface area contributed by atoms with Crippen molar-refractivity contribution in [3.63, 3.8) is 0 Å². The standard InChI is InChI=1S/C4H4INS2/c5-3-1-6-4(2-7)8-3/h1,7H,2H2. The van der Waals surface area contributed by atoms with Gasteiger partial charge in [-0.1, -0.05) is 0 Å². The van der Waals surface area contributed by atoms with Crippen molar-refractivity contribution in [3.8, 4) is 0 Å². The molecular formula is C4H4INS2. The summed E-state index contributed by atoms with van der Waals surface area (Å²) in [5.74, 6) is 0.758. The van der Waals surface area contributed by atoms with Gasteiger partial charge in [-0.25, -0.2) is 4.98 Å². The lowest BCUT2D eigenvalue weighted by Crippen LogP contribution is -1.67. The molecule has 0 amide bonds. The molecule has 0 saturated heterocycles. The maximum Gasteiger partial charge on any atom is 0.103 e. The second-order valence-corrected chi connectivity index (χ2v) is 4.54. The molecule has 0 saturated carbocycles. The van der Waals surface area contributed by atoms with Crippen LogP contribution in [0.3, 0.4) is 0 Å². The Hall–Kier alpha value is 0.710.